The van der Waals surface area contributed by atoms with Crippen molar-refractivity contribution in [2.75, 3.05) is 44.0 Å². The molecule has 1 saturated heterocycles. The van der Waals surface area contributed by atoms with E-state index >= 15 is 0 Å². The summed E-state index contributed by atoms with van der Waals surface area (Å²) in [5, 5.41) is 11.1. The van der Waals surface area contributed by atoms with Crippen LogP contribution in [0.3, 0.4) is 0 Å². The molecule has 4 heterocycles. The van der Waals surface area contributed by atoms with Gasteiger partial charge in [0.1, 0.15) is 18.0 Å². The summed E-state index contributed by atoms with van der Waals surface area (Å²) >= 11 is 0. The van der Waals surface area contributed by atoms with Crippen LogP contribution in [0.1, 0.15) is 29.3 Å². The Morgan fingerprint density at radius 3 is 2.62 bits per heavy atom. The number of pyridine rings is 2. The van der Waals surface area contributed by atoms with Crippen LogP contribution in [-0.2, 0) is 18.3 Å². The number of methoxy groups -OCH3 is 1. The summed E-state index contributed by atoms with van der Waals surface area (Å²) in [4.78, 5) is 28.5. The summed E-state index contributed by atoms with van der Waals surface area (Å²) < 4.78 is 12.8. The number of hydrogen-bond acceptors (Lipinski definition) is 10. The molecule has 0 amide bonds. The number of nitrogens with one attached hydrogen (secondary N) is 2. The van der Waals surface area contributed by atoms with Crippen LogP contribution in [0, 0.1) is 0 Å². The van der Waals surface area contributed by atoms with E-state index in [4.69, 9.17) is 9.47 Å². The largest absolute Gasteiger partial charge is 0.494 e. The molecule has 1 aliphatic rings. The van der Waals surface area contributed by atoms with Crippen molar-refractivity contribution in [2.45, 2.75) is 19.9 Å². The second-order valence-electron chi connectivity index (χ2n) is 9.21. The molecule has 5 rings (SSSR count). The van der Waals surface area contributed by atoms with Crippen molar-refractivity contribution < 1.29 is 14.3 Å². The van der Waals surface area contributed by atoms with Gasteiger partial charge in [-0.2, -0.15) is 5.10 Å². The van der Waals surface area contributed by atoms with E-state index in [1.165, 1.54) is 0 Å². The first-order valence-electron chi connectivity index (χ1n) is 12.9. The first-order chi connectivity index (χ1) is 19.0. The first kappa shape index (κ1) is 26.3. The number of para-hydroxylation sites is 1. The van der Waals surface area contributed by atoms with Gasteiger partial charge >= 0.3 is 0 Å². The van der Waals surface area contributed by atoms with E-state index in [0.717, 1.165) is 44.0 Å². The van der Waals surface area contributed by atoms with Gasteiger partial charge in [0.05, 0.1) is 42.8 Å². The summed E-state index contributed by atoms with van der Waals surface area (Å²) in [6.45, 7) is 5.99. The van der Waals surface area contributed by atoms with Gasteiger partial charge in [-0.3, -0.25) is 14.4 Å². The van der Waals surface area contributed by atoms with Gasteiger partial charge in [-0.05, 0) is 29.8 Å². The third-order valence-corrected chi connectivity index (χ3v) is 6.44. The number of aryl methyl sites for hydroxylation is 1. The van der Waals surface area contributed by atoms with Gasteiger partial charge < -0.3 is 20.1 Å². The predicted octanol–water partition coefficient (Wildman–Crippen LogP) is 4.19. The van der Waals surface area contributed by atoms with Crippen molar-refractivity contribution >= 4 is 28.8 Å². The number of benzene rings is 1. The number of anilines is 4. The molecule has 11 heteroatoms. The van der Waals surface area contributed by atoms with Crippen molar-refractivity contribution in [3.63, 3.8) is 0 Å². The molecular weight excluding hydrogens is 496 g/mol. The molecule has 2 N–H and O–H groups in total. The standard InChI is InChI=1S/C28H32N8O3/c1-4-24(37)21-16-30-26(33-25-14-19(8-9-29-25)17-36-10-12-39-13-11-36)15-23(21)32-22-7-5-6-20(27(22)38-3)28-31-18-35(2)34-28/h5-9,14-16,18H,4,10-13,17H2,1-3H3,(H2,29,30,32,33). The van der Waals surface area contributed by atoms with Crippen LogP contribution < -0.4 is 15.4 Å². The summed E-state index contributed by atoms with van der Waals surface area (Å²) in [6, 6.07) is 11.5. The average molecular weight is 529 g/mol. The lowest BCUT2D eigenvalue weighted by Crippen LogP contribution is -2.35. The summed E-state index contributed by atoms with van der Waals surface area (Å²) in [5.74, 6) is 2.33. The van der Waals surface area contributed by atoms with Gasteiger partial charge in [-0.1, -0.05) is 13.0 Å². The molecule has 3 aromatic heterocycles. The molecular formula is C28H32N8O3. The number of carbonyl (C=O) groups is 1. The third-order valence-electron chi connectivity index (χ3n) is 6.44. The molecule has 0 radical (unpaired) electrons. The molecule has 1 fully saturated rings. The molecule has 1 aromatic carbocycles. The van der Waals surface area contributed by atoms with Crippen molar-refractivity contribution in [3.8, 4) is 17.1 Å². The van der Waals surface area contributed by atoms with Crippen LogP contribution in [0.5, 0.6) is 5.75 Å². The van der Waals surface area contributed by atoms with Crippen molar-refractivity contribution in [2.24, 2.45) is 7.05 Å². The van der Waals surface area contributed by atoms with Crippen LogP contribution in [0.2, 0.25) is 0 Å². The fourth-order valence-corrected chi connectivity index (χ4v) is 4.47. The van der Waals surface area contributed by atoms with Crippen molar-refractivity contribution in [1.82, 2.24) is 29.6 Å². The number of carbonyl (C=O) groups excluding carboxylic acids is 1. The number of rotatable bonds is 10. The quantitative estimate of drug-likeness (QED) is 0.290. The lowest BCUT2D eigenvalue weighted by Gasteiger charge is -2.26. The zero-order valence-electron chi connectivity index (χ0n) is 22.3. The number of morpholine rings is 1. The molecule has 0 atom stereocenters. The molecule has 11 nitrogen and oxygen atoms in total. The van der Waals surface area contributed by atoms with Gasteiger partial charge in [-0.15, -0.1) is 0 Å². The second kappa shape index (κ2) is 12.0. The van der Waals surface area contributed by atoms with Crippen molar-refractivity contribution in [3.05, 3.63) is 66.2 Å². The highest BCUT2D eigenvalue weighted by Gasteiger charge is 2.18. The molecule has 1 aliphatic heterocycles. The SMILES string of the molecule is CCC(=O)c1cnc(Nc2cc(CN3CCOCC3)ccn2)cc1Nc1cccc(-c2ncn(C)n2)c1OC. The molecule has 0 spiro atoms. The highest BCUT2D eigenvalue weighted by atomic mass is 16.5. The Kier molecular flexibility index (Phi) is 8.09. The highest BCUT2D eigenvalue weighted by molar-refractivity contribution is 6.02. The monoisotopic (exact) mass is 528 g/mol. The topological polar surface area (TPSA) is 119 Å². The molecule has 202 valence electrons. The summed E-state index contributed by atoms with van der Waals surface area (Å²) in [5.41, 5.74) is 3.65. The number of Topliss-reactive ketones (excluding diaryl/α,β-unsaturated/α-hetero) is 1. The van der Waals surface area contributed by atoms with Crippen LogP contribution in [0.4, 0.5) is 23.0 Å². The van der Waals surface area contributed by atoms with E-state index in [-0.39, 0.29) is 5.78 Å². The number of aromatic nitrogens is 5. The van der Waals surface area contributed by atoms with Crippen LogP contribution >= 0.6 is 0 Å². The molecule has 0 saturated carbocycles. The van der Waals surface area contributed by atoms with E-state index in [1.54, 1.807) is 30.5 Å². The maximum absolute atomic E-state index is 12.8. The maximum Gasteiger partial charge on any atom is 0.184 e. The lowest BCUT2D eigenvalue weighted by atomic mass is 10.1. The Morgan fingerprint density at radius 1 is 1.05 bits per heavy atom. The second-order valence-corrected chi connectivity index (χ2v) is 9.21. The van der Waals surface area contributed by atoms with Gasteiger partial charge in [0.15, 0.2) is 17.4 Å². The summed E-state index contributed by atoms with van der Waals surface area (Å²) in [7, 11) is 3.41. The molecule has 0 bridgehead atoms. The van der Waals surface area contributed by atoms with Gasteiger partial charge in [-0.25, -0.2) is 15.0 Å². The van der Waals surface area contributed by atoms with E-state index in [0.29, 0.717) is 46.6 Å². The minimum Gasteiger partial charge on any atom is -0.494 e. The van der Waals surface area contributed by atoms with E-state index in [2.05, 4.69) is 35.6 Å². The third kappa shape index (κ3) is 6.21. The van der Waals surface area contributed by atoms with E-state index < -0.39 is 0 Å². The van der Waals surface area contributed by atoms with Gasteiger partial charge in [0.2, 0.25) is 0 Å². The van der Waals surface area contributed by atoms with Gasteiger partial charge in [0, 0.05) is 51.6 Å². The molecule has 39 heavy (non-hydrogen) atoms. The number of nitrogens with zero attached hydrogens (tertiary/aromatic N) is 6. The normalized spacial score (nSPS) is 13.7. The highest BCUT2D eigenvalue weighted by Crippen LogP contribution is 2.37. The molecule has 0 aliphatic carbocycles. The smallest absolute Gasteiger partial charge is 0.184 e. The Labute approximate surface area is 227 Å². The summed E-state index contributed by atoms with van der Waals surface area (Å²) in [6.07, 6.45) is 5.36. The Balaban J connectivity index is 1.42. The minimum atomic E-state index is -0.0244. The zero-order chi connectivity index (χ0) is 27.2. The van der Waals surface area contributed by atoms with Crippen LogP contribution in [0.25, 0.3) is 11.4 Å². The zero-order valence-corrected chi connectivity index (χ0v) is 22.3. The number of hydrogen-bond donors (Lipinski definition) is 2. The Bertz CT molecular complexity index is 1450. The predicted molar refractivity (Wildman–Crippen MR) is 149 cm³/mol. The fourth-order valence-electron chi connectivity index (χ4n) is 4.47. The van der Waals surface area contributed by atoms with E-state index in [9.17, 15) is 4.79 Å². The first-order valence-corrected chi connectivity index (χ1v) is 12.9. The fraction of sp³-hybridized carbons (Fsp3) is 0.321. The van der Waals surface area contributed by atoms with Gasteiger partial charge in [0.25, 0.3) is 0 Å². The van der Waals surface area contributed by atoms with Crippen LogP contribution in [-0.4, -0.2) is 68.8 Å². The van der Waals surface area contributed by atoms with Crippen LogP contribution in [0.15, 0.2) is 55.1 Å². The number of ether oxygens (including phenoxy) is 2. The Morgan fingerprint density at radius 2 is 1.87 bits per heavy atom. The maximum atomic E-state index is 12.8. The van der Waals surface area contributed by atoms with E-state index in [1.807, 2.05) is 50.4 Å². The molecule has 0 unspecified atom stereocenters. The number of ketones is 1. The minimum absolute atomic E-state index is 0.0244. The Hall–Kier alpha value is -4.35. The average Bonchev–Trinajstić information content (AvgIpc) is 3.39. The molecule has 4 aromatic rings. The van der Waals surface area contributed by atoms with Crippen molar-refractivity contribution in [1.29, 1.82) is 0 Å². The lowest BCUT2D eigenvalue weighted by molar-refractivity contribution is 0.0342.